The molecule has 0 aliphatic carbocycles. The first-order valence-corrected chi connectivity index (χ1v) is 9.11. The van der Waals surface area contributed by atoms with Crippen molar-refractivity contribution >= 4 is 42.0 Å². The van der Waals surface area contributed by atoms with Crippen LogP contribution in [0, 0.1) is 0 Å². The molecule has 2 heterocycles. The molecule has 3 N–H and O–H groups in total. The third kappa shape index (κ3) is 4.35. The van der Waals surface area contributed by atoms with Gasteiger partial charge < -0.3 is 20.5 Å². The average Bonchev–Trinajstić information content (AvgIpc) is 2.66. The van der Waals surface area contributed by atoms with E-state index in [4.69, 9.17) is 26.8 Å². The number of anilines is 1. The maximum Gasteiger partial charge on any atom is 0.266 e. The van der Waals surface area contributed by atoms with Crippen molar-refractivity contribution in [1.29, 1.82) is 0 Å². The van der Waals surface area contributed by atoms with Gasteiger partial charge in [-0.2, -0.15) is 0 Å². The van der Waals surface area contributed by atoms with Crippen LogP contribution in [0.3, 0.4) is 0 Å². The van der Waals surface area contributed by atoms with Crippen LogP contribution in [0.5, 0.6) is 11.5 Å². The zero-order chi connectivity index (χ0) is 19.4. The van der Waals surface area contributed by atoms with Crippen LogP contribution in [0.2, 0.25) is 5.02 Å². The van der Waals surface area contributed by atoms with E-state index >= 15 is 0 Å². The standard InChI is InChI=1S/C18H17ClN4O3S/c1-10(20)17(27-21-2)18(24)23-16-4-3-11(9-22-16)12-7-14-15(8-13(12)19)26-6-5-25-14/h3-4,7-9H,2,5-6,20H2,1H3,(H,22,23,24)/b17-10-. The molecule has 140 valence electrons. The molecular weight excluding hydrogens is 388 g/mol. The molecule has 0 bridgehead atoms. The maximum atomic E-state index is 12.3. The fraction of sp³-hybridized carbons (Fsp3) is 0.167. The average molecular weight is 405 g/mol. The molecule has 1 aromatic carbocycles. The van der Waals surface area contributed by atoms with Crippen LogP contribution in [-0.2, 0) is 4.79 Å². The van der Waals surface area contributed by atoms with Gasteiger partial charge in [-0.15, -0.1) is 0 Å². The summed E-state index contributed by atoms with van der Waals surface area (Å²) in [5, 5.41) is 3.20. The highest BCUT2D eigenvalue weighted by Crippen LogP contribution is 2.39. The van der Waals surface area contributed by atoms with Crippen molar-refractivity contribution in [3.8, 4) is 22.6 Å². The van der Waals surface area contributed by atoms with Gasteiger partial charge in [-0.05, 0) is 31.8 Å². The normalized spacial score (nSPS) is 13.6. The smallest absolute Gasteiger partial charge is 0.266 e. The summed E-state index contributed by atoms with van der Waals surface area (Å²) in [5.74, 6) is 1.24. The fourth-order valence-corrected chi connectivity index (χ4v) is 3.11. The third-order valence-corrected chi connectivity index (χ3v) is 4.80. The summed E-state index contributed by atoms with van der Waals surface area (Å²) >= 11 is 7.27. The van der Waals surface area contributed by atoms with Crippen molar-refractivity contribution < 1.29 is 14.3 Å². The molecule has 1 amide bonds. The molecule has 2 aromatic rings. The number of nitrogens with two attached hydrogens (primary N) is 1. The molecule has 7 nitrogen and oxygen atoms in total. The minimum Gasteiger partial charge on any atom is -0.486 e. The number of allylic oxidation sites excluding steroid dienone is 1. The molecule has 0 atom stereocenters. The van der Waals surface area contributed by atoms with Crippen LogP contribution >= 0.6 is 23.5 Å². The molecule has 0 saturated carbocycles. The number of ether oxygens (including phenoxy) is 2. The lowest BCUT2D eigenvalue weighted by atomic mass is 10.1. The van der Waals surface area contributed by atoms with Crippen LogP contribution in [0.25, 0.3) is 11.1 Å². The van der Waals surface area contributed by atoms with E-state index in [-0.39, 0.29) is 4.91 Å². The second kappa shape index (κ2) is 8.32. The van der Waals surface area contributed by atoms with Crippen molar-refractivity contribution in [2.24, 2.45) is 10.1 Å². The Morgan fingerprint density at radius 3 is 2.63 bits per heavy atom. The number of aromatic nitrogens is 1. The van der Waals surface area contributed by atoms with E-state index in [0.717, 1.165) is 23.1 Å². The molecule has 0 radical (unpaired) electrons. The number of hydrogen-bond donors (Lipinski definition) is 2. The van der Waals surface area contributed by atoms with E-state index < -0.39 is 5.91 Å². The molecule has 0 unspecified atom stereocenters. The Balaban J connectivity index is 1.81. The van der Waals surface area contributed by atoms with E-state index in [2.05, 4.69) is 21.4 Å². The van der Waals surface area contributed by atoms with E-state index in [9.17, 15) is 4.79 Å². The van der Waals surface area contributed by atoms with Crippen LogP contribution in [0.15, 0.2) is 45.5 Å². The summed E-state index contributed by atoms with van der Waals surface area (Å²) < 4.78 is 14.7. The highest BCUT2D eigenvalue weighted by atomic mass is 35.5. The Morgan fingerprint density at radius 1 is 1.33 bits per heavy atom. The number of fused-ring (bicyclic) bond motifs is 1. The SMILES string of the molecule is C=NS/C(C(=O)Nc1ccc(-c2cc3c(cc2Cl)OCCO3)cn1)=C(/C)N. The third-order valence-electron chi connectivity index (χ3n) is 3.67. The Bertz CT molecular complexity index is 912. The first-order chi connectivity index (χ1) is 13.0. The molecule has 27 heavy (non-hydrogen) atoms. The second-order valence-corrected chi connectivity index (χ2v) is 6.85. The monoisotopic (exact) mass is 404 g/mol. The highest BCUT2D eigenvalue weighted by Gasteiger charge is 2.17. The number of pyridine rings is 1. The van der Waals surface area contributed by atoms with E-state index in [1.165, 1.54) is 0 Å². The van der Waals surface area contributed by atoms with Crippen molar-refractivity contribution in [3.63, 3.8) is 0 Å². The van der Waals surface area contributed by atoms with Gasteiger partial charge in [0, 0.05) is 41.0 Å². The largest absolute Gasteiger partial charge is 0.486 e. The van der Waals surface area contributed by atoms with Crippen LogP contribution in [-0.4, -0.2) is 30.8 Å². The molecule has 1 aliphatic heterocycles. The fourth-order valence-electron chi connectivity index (χ4n) is 2.44. The van der Waals surface area contributed by atoms with E-state index in [1.54, 1.807) is 31.3 Å². The predicted molar refractivity (Wildman–Crippen MR) is 108 cm³/mol. The Hall–Kier alpha value is -2.71. The Labute approximate surface area is 165 Å². The lowest BCUT2D eigenvalue weighted by Gasteiger charge is -2.19. The molecule has 0 fully saturated rings. The number of nitrogens with zero attached hydrogens (tertiary/aromatic N) is 2. The number of rotatable bonds is 5. The number of hydrogen-bond acceptors (Lipinski definition) is 7. The summed E-state index contributed by atoms with van der Waals surface area (Å²) in [6, 6.07) is 7.02. The number of benzene rings is 1. The van der Waals surface area contributed by atoms with Gasteiger partial charge in [-0.3, -0.25) is 4.79 Å². The zero-order valence-corrected chi connectivity index (χ0v) is 16.1. The molecule has 9 heteroatoms. The number of nitrogens with one attached hydrogen (secondary N) is 1. The second-order valence-electron chi connectivity index (χ2n) is 5.59. The van der Waals surface area contributed by atoms with E-state index in [0.29, 0.717) is 41.3 Å². The lowest BCUT2D eigenvalue weighted by Crippen LogP contribution is -2.16. The summed E-state index contributed by atoms with van der Waals surface area (Å²) in [6.45, 7) is 5.96. The maximum absolute atomic E-state index is 12.3. The minimum absolute atomic E-state index is 0.269. The predicted octanol–water partition coefficient (Wildman–Crippen LogP) is 3.65. The summed E-state index contributed by atoms with van der Waals surface area (Å²) in [7, 11) is 0. The summed E-state index contributed by atoms with van der Waals surface area (Å²) in [6.07, 6.45) is 1.62. The van der Waals surface area contributed by atoms with Crippen LogP contribution in [0.1, 0.15) is 6.92 Å². The Kier molecular flexibility index (Phi) is 5.88. The van der Waals surface area contributed by atoms with Crippen molar-refractivity contribution in [2.75, 3.05) is 18.5 Å². The van der Waals surface area contributed by atoms with Crippen molar-refractivity contribution in [1.82, 2.24) is 4.98 Å². The van der Waals surface area contributed by atoms with Gasteiger partial charge in [0.25, 0.3) is 5.91 Å². The Morgan fingerprint density at radius 2 is 2.04 bits per heavy atom. The molecular formula is C18H17ClN4O3S. The van der Waals surface area contributed by atoms with Crippen molar-refractivity contribution in [3.05, 3.63) is 46.1 Å². The number of carbonyl (C=O) groups is 1. The number of carbonyl (C=O) groups excluding carboxylic acids is 1. The van der Waals surface area contributed by atoms with Gasteiger partial charge in [0.1, 0.15) is 23.9 Å². The van der Waals surface area contributed by atoms with Gasteiger partial charge in [0.05, 0.1) is 5.02 Å². The quantitative estimate of drug-likeness (QED) is 0.448. The molecule has 1 aliphatic rings. The number of amides is 1. The first kappa shape index (κ1) is 19.1. The van der Waals surface area contributed by atoms with E-state index in [1.807, 2.05) is 6.07 Å². The highest BCUT2D eigenvalue weighted by molar-refractivity contribution is 8.02. The van der Waals surface area contributed by atoms with Gasteiger partial charge in [-0.25, -0.2) is 9.38 Å². The van der Waals surface area contributed by atoms with Gasteiger partial charge in [-0.1, -0.05) is 11.6 Å². The van der Waals surface area contributed by atoms with Gasteiger partial charge in [0.15, 0.2) is 11.5 Å². The van der Waals surface area contributed by atoms with Crippen LogP contribution < -0.4 is 20.5 Å². The summed E-state index contributed by atoms with van der Waals surface area (Å²) in [4.78, 5) is 16.8. The minimum atomic E-state index is -0.398. The molecule has 0 saturated heterocycles. The lowest BCUT2D eigenvalue weighted by molar-refractivity contribution is -0.112. The van der Waals surface area contributed by atoms with Gasteiger partial charge >= 0.3 is 0 Å². The molecule has 0 spiro atoms. The van der Waals surface area contributed by atoms with Crippen LogP contribution in [0.4, 0.5) is 5.82 Å². The zero-order valence-electron chi connectivity index (χ0n) is 14.5. The van der Waals surface area contributed by atoms with Gasteiger partial charge in [0.2, 0.25) is 0 Å². The summed E-state index contributed by atoms with van der Waals surface area (Å²) in [5.41, 5.74) is 7.60. The molecule has 1 aromatic heterocycles. The number of halogens is 1. The topological polar surface area (TPSA) is 98.8 Å². The molecule has 3 rings (SSSR count). The first-order valence-electron chi connectivity index (χ1n) is 7.96. The van der Waals surface area contributed by atoms with Crippen molar-refractivity contribution in [2.45, 2.75) is 6.92 Å².